The van der Waals surface area contributed by atoms with Crippen molar-refractivity contribution in [2.24, 2.45) is 11.8 Å². The molecule has 1 rings (SSSR count). The quantitative estimate of drug-likeness (QED) is 0.844. The Bertz CT molecular complexity index is 434. The summed E-state index contributed by atoms with van der Waals surface area (Å²) < 4.78 is 0. The van der Waals surface area contributed by atoms with Crippen molar-refractivity contribution in [1.29, 1.82) is 0 Å². The molecule has 0 fully saturated rings. The number of carbonyl (C=O) groups is 2. The van der Waals surface area contributed by atoms with E-state index < -0.39 is 17.8 Å². The Labute approximate surface area is 113 Å². The molecular weight excluding hydrogens is 244 g/mol. The number of nitrogens with zero attached hydrogens (tertiary/aromatic N) is 2. The Kier molecular flexibility index (Phi) is 5.48. The van der Waals surface area contributed by atoms with Crippen molar-refractivity contribution in [3.05, 3.63) is 30.1 Å². The second kappa shape index (κ2) is 6.87. The van der Waals surface area contributed by atoms with Gasteiger partial charge in [0.1, 0.15) is 0 Å². The smallest absolute Gasteiger partial charge is 0.307 e. The van der Waals surface area contributed by atoms with Crippen LogP contribution >= 0.6 is 0 Å². The average molecular weight is 264 g/mol. The van der Waals surface area contributed by atoms with Crippen molar-refractivity contribution >= 4 is 11.9 Å². The van der Waals surface area contributed by atoms with Crippen LogP contribution in [-0.2, 0) is 16.0 Å². The van der Waals surface area contributed by atoms with Gasteiger partial charge < -0.3 is 10.0 Å². The summed E-state index contributed by atoms with van der Waals surface area (Å²) in [6, 6.07) is 3.81. The molecule has 5 nitrogen and oxygen atoms in total. The van der Waals surface area contributed by atoms with E-state index in [2.05, 4.69) is 4.98 Å². The zero-order valence-corrected chi connectivity index (χ0v) is 11.5. The van der Waals surface area contributed by atoms with E-state index in [1.807, 2.05) is 12.1 Å². The minimum Gasteiger partial charge on any atom is -0.481 e. The van der Waals surface area contributed by atoms with E-state index >= 15 is 0 Å². The molecular formula is C14H20N2O3. The fourth-order valence-corrected chi connectivity index (χ4v) is 1.73. The number of hydrogen-bond donors (Lipinski definition) is 1. The fraction of sp³-hybridized carbons (Fsp3) is 0.500. The monoisotopic (exact) mass is 264 g/mol. The van der Waals surface area contributed by atoms with Gasteiger partial charge in [-0.2, -0.15) is 0 Å². The normalized spacial score (nSPS) is 13.6. The molecule has 1 heterocycles. The van der Waals surface area contributed by atoms with Gasteiger partial charge in [-0.15, -0.1) is 0 Å². The molecule has 0 bridgehead atoms. The first kappa shape index (κ1) is 15.1. The number of carbonyl (C=O) groups excluding carboxylic acids is 1. The van der Waals surface area contributed by atoms with Gasteiger partial charge in [0.2, 0.25) is 5.91 Å². The van der Waals surface area contributed by atoms with Crippen molar-refractivity contribution in [3.63, 3.8) is 0 Å². The summed E-state index contributed by atoms with van der Waals surface area (Å²) in [6.07, 6.45) is 4.16. The molecule has 1 amide bonds. The molecule has 0 spiro atoms. The first-order valence-electron chi connectivity index (χ1n) is 6.30. The Morgan fingerprint density at radius 3 is 2.37 bits per heavy atom. The predicted molar refractivity (Wildman–Crippen MR) is 71.5 cm³/mol. The summed E-state index contributed by atoms with van der Waals surface area (Å²) in [5.74, 6) is -2.26. The molecule has 0 saturated carbocycles. The zero-order valence-electron chi connectivity index (χ0n) is 11.5. The number of carboxylic acid groups (broad SMARTS) is 1. The third-order valence-electron chi connectivity index (χ3n) is 3.39. The summed E-state index contributed by atoms with van der Waals surface area (Å²) in [6.45, 7) is 3.78. The van der Waals surface area contributed by atoms with Gasteiger partial charge in [0.05, 0.1) is 5.92 Å². The van der Waals surface area contributed by atoms with Crippen LogP contribution in [0.1, 0.15) is 19.4 Å². The van der Waals surface area contributed by atoms with E-state index in [4.69, 9.17) is 5.11 Å². The molecule has 0 aromatic carbocycles. The largest absolute Gasteiger partial charge is 0.481 e. The predicted octanol–water partition coefficient (Wildman–Crippen LogP) is 1.44. The van der Waals surface area contributed by atoms with Crippen molar-refractivity contribution in [1.82, 2.24) is 9.88 Å². The van der Waals surface area contributed by atoms with Crippen molar-refractivity contribution in [3.8, 4) is 0 Å². The summed E-state index contributed by atoms with van der Waals surface area (Å²) in [5.41, 5.74) is 1.11. The molecule has 0 aliphatic carbocycles. The summed E-state index contributed by atoms with van der Waals surface area (Å²) in [5, 5.41) is 8.91. The lowest BCUT2D eigenvalue weighted by atomic mass is 9.95. The molecule has 0 aliphatic heterocycles. The molecule has 0 radical (unpaired) electrons. The SMILES string of the molecule is CC(C(=O)O)C(C)C(=O)N(C)CCc1ccncc1. The van der Waals surface area contributed by atoms with Gasteiger partial charge in [-0.05, 0) is 24.1 Å². The Hall–Kier alpha value is -1.91. The Morgan fingerprint density at radius 2 is 1.84 bits per heavy atom. The number of hydrogen-bond acceptors (Lipinski definition) is 3. The van der Waals surface area contributed by atoms with Gasteiger partial charge in [0, 0.05) is 31.9 Å². The van der Waals surface area contributed by atoms with Crippen LogP contribution in [0.4, 0.5) is 0 Å². The van der Waals surface area contributed by atoms with Crippen LogP contribution in [0.25, 0.3) is 0 Å². The molecule has 0 saturated heterocycles. The highest BCUT2D eigenvalue weighted by atomic mass is 16.4. The van der Waals surface area contributed by atoms with Gasteiger partial charge in [-0.3, -0.25) is 14.6 Å². The van der Waals surface area contributed by atoms with E-state index in [0.29, 0.717) is 6.54 Å². The number of rotatable bonds is 6. The molecule has 1 aromatic rings. The topological polar surface area (TPSA) is 70.5 Å². The number of pyridine rings is 1. The first-order chi connectivity index (χ1) is 8.93. The maximum Gasteiger partial charge on any atom is 0.307 e. The van der Waals surface area contributed by atoms with Crippen molar-refractivity contribution < 1.29 is 14.7 Å². The summed E-state index contributed by atoms with van der Waals surface area (Å²) in [7, 11) is 1.70. The minimum atomic E-state index is -0.941. The lowest BCUT2D eigenvalue weighted by Gasteiger charge is -2.23. The van der Waals surface area contributed by atoms with Gasteiger partial charge in [-0.1, -0.05) is 13.8 Å². The van der Waals surface area contributed by atoms with Crippen LogP contribution < -0.4 is 0 Å². The average Bonchev–Trinajstić information content (AvgIpc) is 2.43. The van der Waals surface area contributed by atoms with E-state index in [0.717, 1.165) is 12.0 Å². The molecule has 2 atom stereocenters. The van der Waals surface area contributed by atoms with E-state index in [1.54, 1.807) is 38.2 Å². The fourth-order valence-electron chi connectivity index (χ4n) is 1.73. The number of aliphatic carboxylic acids is 1. The van der Waals surface area contributed by atoms with Crippen LogP contribution in [0.5, 0.6) is 0 Å². The minimum absolute atomic E-state index is 0.135. The highest BCUT2D eigenvalue weighted by Crippen LogP contribution is 2.14. The standard InChI is InChI=1S/C14H20N2O3/c1-10(11(2)14(18)19)13(17)16(3)9-6-12-4-7-15-8-5-12/h4-5,7-8,10-11H,6,9H2,1-3H3,(H,18,19). The molecule has 0 aliphatic rings. The molecule has 104 valence electrons. The summed E-state index contributed by atoms with van der Waals surface area (Å²) in [4.78, 5) is 28.5. The highest BCUT2D eigenvalue weighted by molar-refractivity contribution is 5.84. The van der Waals surface area contributed by atoms with Crippen LogP contribution in [0.15, 0.2) is 24.5 Å². The number of likely N-dealkylation sites (N-methyl/N-ethyl adjacent to an activating group) is 1. The van der Waals surface area contributed by atoms with Gasteiger partial charge in [0.25, 0.3) is 0 Å². The number of carboxylic acids is 1. The number of aromatic nitrogens is 1. The van der Waals surface area contributed by atoms with E-state index in [-0.39, 0.29) is 5.91 Å². The van der Waals surface area contributed by atoms with Crippen LogP contribution in [0.2, 0.25) is 0 Å². The third kappa shape index (κ3) is 4.35. The molecule has 1 aromatic heterocycles. The molecule has 5 heteroatoms. The molecule has 19 heavy (non-hydrogen) atoms. The highest BCUT2D eigenvalue weighted by Gasteiger charge is 2.27. The maximum atomic E-state index is 12.1. The second-order valence-corrected chi connectivity index (χ2v) is 4.78. The zero-order chi connectivity index (χ0) is 14.4. The van der Waals surface area contributed by atoms with Crippen LogP contribution in [0, 0.1) is 11.8 Å². The number of amides is 1. The second-order valence-electron chi connectivity index (χ2n) is 4.78. The first-order valence-corrected chi connectivity index (χ1v) is 6.30. The van der Waals surface area contributed by atoms with Crippen LogP contribution in [-0.4, -0.2) is 40.5 Å². The molecule has 1 N–H and O–H groups in total. The van der Waals surface area contributed by atoms with Gasteiger partial charge in [0.15, 0.2) is 0 Å². The Balaban J connectivity index is 2.51. The maximum absolute atomic E-state index is 12.1. The summed E-state index contributed by atoms with van der Waals surface area (Å²) >= 11 is 0. The Morgan fingerprint density at radius 1 is 1.26 bits per heavy atom. The van der Waals surface area contributed by atoms with E-state index in [9.17, 15) is 9.59 Å². The molecule has 2 unspecified atom stereocenters. The van der Waals surface area contributed by atoms with Crippen LogP contribution in [0.3, 0.4) is 0 Å². The van der Waals surface area contributed by atoms with Gasteiger partial charge >= 0.3 is 5.97 Å². The third-order valence-corrected chi connectivity index (χ3v) is 3.39. The van der Waals surface area contributed by atoms with E-state index in [1.165, 1.54) is 0 Å². The van der Waals surface area contributed by atoms with Crippen molar-refractivity contribution in [2.75, 3.05) is 13.6 Å². The lowest BCUT2D eigenvalue weighted by Crippen LogP contribution is -2.37. The van der Waals surface area contributed by atoms with Crippen molar-refractivity contribution in [2.45, 2.75) is 20.3 Å². The lowest BCUT2D eigenvalue weighted by molar-refractivity contribution is -0.148. The van der Waals surface area contributed by atoms with Gasteiger partial charge in [-0.25, -0.2) is 0 Å².